The van der Waals surface area contributed by atoms with Gasteiger partial charge in [-0.3, -0.25) is 4.79 Å². The Morgan fingerprint density at radius 3 is 2.91 bits per heavy atom. The third-order valence-corrected chi connectivity index (χ3v) is 3.65. The normalized spacial score (nSPS) is 16.8. The van der Waals surface area contributed by atoms with Gasteiger partial charge in [-0.2, -0.15) is 0 Å². The molecule has 0 spiro atoms. The van der Waals surface area contributed by atoms with Crippen LogP contribution in [0.4, 0.5) is 5.69 Å². The molecule has 23 heavy (non-hydrogen) atoms. The summed E-state index contributed by atoms with van der Waals surface area (Å²) in [5.41, 5.74) is 1.88. The Labute approximate surface area is 144 Å². The van der Waals surface area contributed by atoms with Gasteiger partial charge in [-0.25, -0.2) is 0 Å². The lowest BCUT2D eigenvalue weighted by Crippen LogP contribution is -2.27. The number of carbonyl (C=O) groups is 1. The second-order valence-corrected chi connectivity index (χ2v) is 5.50. The standard InChI is InChI=1S/C17H26N2O3.ClH/c1-2-21-9-10-22-13-14-5-3-6-16(11-14)19-17(20)12-15-7-4-8-18-15;/h3,5-6,11,15,18H,2,4,7-10,12-13H2,1H3,(H,19,20);1H. The van der Waals surface area contributed by atoms with E-state index in [0.29, 0.717) is 38.9 Å². The third kappa shape index (κ3) is 7.79. The number of amides is 1. The summed E-state index contributed by atoms with van der Waals surface area (Å²) < 4.78 is 10.8. The van der Waals surface area contributed by atoms with Gasteiger partial charge in [0, 0.05) is 24.8 Å². The fourth-order valence-electron chi connectivity index (χ4n) is 2.56. The van der Waals surface area contributed by atoms with Crippen LogP contribution in [-0.2, 0) is 20.9 Å². The number of benzene rings is 1. The van der Waals surface area contributed by atoms with E-state index in [2.05, 4.69) is 10.6 Å². The molecule has 1 unspecified atom stereocenters. The predicted octanol–water partition coefficient (Wildman–Crippen LogP) is 2.74. The average molecular weight is 343 g/mol. The van der Waals surface area contributed by atoms with E-state index in [1.807, 2.05) is 31.2 Å². The van der Waals surface area contributed by atoms with Crippen LogP contribution in [-0.4, -0.2) is 38.3 Å². The van der Waals surface area contributed by atoms with Crippen molar-refractivity contribution in [2.75, 3.05) is 31.7 Å². The van der Waals surface area contributed by atoms with Crippen LogP contribution in [0, 0.1) is 0 Å². The molecule has 1 aliphatic heterocycles. The van der Waals surface area contributed by atoms with E-state index in [1.54, 1.807) is 0 Å². The molecule has 2 N–H and O–H groups in total. The van der Waals surface area contributed by atoms with E-state index in [-0.39, 0.29) is 18.3 Å². The van der Waals surface area contributed by atoms with Gasteiger partial charge >= 0.3 is 0 Å². The number of hydrogen-bond acceptors (Lipinski definition) is 4. The summed E-state index contributed by atoms with van der Waals surface area (Å²) in [6.45, 7) is 5.42. The molecule has 1 fully saturated rings. The van der Waals surface area contributed by atoms with Crippen molar-refractivity contribution in [2.24, 2.45) is 0 Å². The zero-order valence-electron chi connectivity index (χ0n) is 13.7. The predicted molar refractivity (Wildman–Crippen MR) is 94.1 cm³/mol. The first kappa shape index (κ1) is 19.9. The van der Waals surface area contributed by atoms with Crippen molar-refractivity contribution < 1.29 is 14.3 Å². The SMILES string of the molecule is CCOCCOCc1cccc(NC(=O)CC2CCCN2)c1.Cl. The molecule has 0 radical (unpaired) electrons. The summed E-state index contributed by atoms with van der Waals surface area (Å²) in [5.74, 6) is 0.0637. The average Bonchev–Trinajstić information content (AvgIpc) is 3.00. The molecule has 130 valence electrons. The smallest absolute Gasteiger partial charge is 0.225 e. The Balaban J connectivity index is 0.00000264. The van der Waals surface area contributed by atoms with E-state index >= 15 is 0 Å². The lowest BCUT2D eigenvalue weighted by Gasteiger charge is -2.11. The van der Waals surface area contributed by atoms with Gasteiger partial charge in [0.15, 0.2) is 0 Å². The molecule has 0 saturated carbocycles. The van der Waals surface area contributed by atoms with Gasteiger partial charge in [0.25, 0.3) is 0 Å². The van der Waals surface area contributed by atoms with Crippen LogP contribution in [0.2, 0.25) is 0 Å². The van der Waals surface area contributed by atoms with Crippen LogP contribution < -0.4 is 10.6 Å². The van der Waals surface area contributed by atoms with Gasteiger partial charge in [-0.05, 0) is 44.0 Å². The lowest BCUT2D eigenvalue weighted by molar-refractivity contribution is -0.116. The second-order valence-electron chi connectivity index (χ2n) is 5.50. The van der Waals surface area contributed by atoms with Crippen molar-refractivity contribution in [2.45, 2.75) is 38.8 Å². The summed E-state index contributed by atoms with van der Waals surface area (Å²) in [4.78, 5) is 12.0. The molecule has 1 heterocycles. The molecule has 2 rings (SSSR count). The highest BCUT2D eigenvalue weighted by Gasteiger charge is 2.17. The molecule has 1 aromatic rings. The van der Waals surface area contributed by atoms with Crippen molar-refractivity contribution in [3.05, 3.63) is 29.8 Å². The van der Waals surface area contributed by atoms with Gasteiger partial charge < -0.3 is 20.1 Å². The highest BCUT2D eigenvalue weighted by Crippen LogP contribution is 2.14. The first-order valence-electron chi connectivity index (χ1n) is 8.05. The molecular formula is C17H27ClN2O3. The highest BCUT2D eigenvalue weighted by molar-refractivity contribution is 5.91. The molecule has 5 nitrogen and oxygen atoms in total. The largest absolute Gasteiger partial charge is 0.379 e. The first-order valence-corrected chi connectivity index (χ1v) is 8.05. The fourth-order valence-corrected chi connectivity index (χ4v) is 2.56. The number of ether oxygens (including phenoxy) is 2. The molecule has 1 saturated heterocycles. The van der Waals surface area contributed by atoms with Crippen LogP contribution in [0.15, 0.2) is 24.3 Å². The van der Waals surface area contributed by atoms with Crippen molar-refractivity contribution in [3.8, 4) is 0 Å². The molecular weight excluding hydrogens is 316 g/mol. The zero-order chi connectivity index (χ0) is 15.6. The number of carbonyl (C=O) groups excluding carboxylic acids is 1. The Hall–Kier alpha value is -1.14. The zero-order valence-corrected chi connectivity index (χ0v) is 14.5. The highest BCUT2D eigenvalue weighted by atomic mass is 35.5. The quantitative estimate of drug-likeness (QED) is 0.677. The van der Waals surface area contributed by atoms with Crippen LogP contribution in [0.5, 0.6) is 0 Å². The van der Waals surface area contributed by atoms with Crippen LogP contribution in [0.25, 0.3) is 0 Å². The molecule has 0 aromatic heterocycles. The maximum atomic E-state index is 12.0. The van der Waals surface area contributed by atoms with Gasteiger partial charge in [0.05, 0.1) is 19.8 Å². The topological polar surface area (TPSA) is 59.6 Å². The molecule has 0 aliphatic carbocycles. The Kier molecular flexibility index (Phi) is 9.87. The number of anilines is 1. The van der Waals surface area contributed by atoms with Gasteiger partial charge in [-0.15, -0.1) is 12.4 Å². The number of hydrogen-bond donors (Lipinski definition) is 2. The Bertz CT molecular complexity index is 465. The molecule has 1 aromatic carbocycles. The van der Waals surface area contributed by atoms with Crippen LogP contribution in [0.3, 0.4) is 0 Å². The van der Waals surface area contributed by atoms with Crippen LogP contribution >= 0.6 is 12.4 Å². The van der Waals surface area contributed by atoms with Gasteiger partial charge in [-0.1, -0.05) is 12.1 Å². The number of rotatable bonds is 9. The summed E-state index contributed by atoms with van der Waals surface area (Å²) in [6, 6.07) is 8.12. The summed E-state index contributed by atoms with van der Waals surface area (Å²) >= 11 is 0. The number of nitrogens with one attached hydrogen (secondary N) is 2. The van der Waals surface area contributed by atoms with E-state index in [4.69, 9.17) is 9.47 Å². The third-order valence-electron chi connectivity index (χ3n) is 3.65. The minimum Gasteiger partial charge on any atom is -0.379 e. The van der Waals surface area contributed by atoms with Crippen molar-refractivity contribution >= 4 is 24.0 Å². The maximum Gasteiger partial charge on any atom is 0.225 e. The van der Waals surface area contributed by atoms with Crippen molar-refractivity contribution in [1.29, 1.82) is 0 Å². The molecule has 0 bridgehead atoms. The summed E-state index contributed by atoms with van der Waals surface area (Å²) in [7, 11) is 0. The van der Waals surface area contributed by atoms with Gasteiger partial charge in [0.2, 0.25) is 5.91 Å². The number of halogens is 1. The maximum absolute atomic E-state index is 12.0. The molecule has 1 aliphatic rings. The molecule has 6 heteroatoms. The minimum atomic E-state index is 0. The van der Waals surface area contributed by atoms with Crippen molar-refractivity contribution in [3.63, 3.8) is 0 Å². The Morgan fingerprint density at radius 2 is 2.17 bits per heavy atom. The molecule has 1 atom stereocenters. The van der Waals surface area contributed by atoms with E-state index in [9.17, 15) is 4.79 Å². The van der Waals surface area contributed by atoms with Gasteiger partial charge in [0.1, 0.15) is 0 Å². The first-order chi connectivity index (χ1) is 10.8. The minimum absolute atomic E-state index is 0. The van der Waals surface area contributed by atoms with E-state index in [0.717, 1.165) is 30.6 Å². The molecule has 1 amide bonds. The van der Waals surface area contributed by atoms with Crippen molar-refractivity contribution in [1.82, 2.24) is 5.32 Å². The summed E-state index contributed by atoms with van der Waals surface area (Å²) in [5, 5.41) is 6.30. The Morgan fingerprint density at radius 1 is 1.35 bits per heavy atom. The summed E-state index contributed by atoms with van der Waals surface area (Å²) in [6.07, 6.45) is 2.78. The monoisotopic (exact) mass is 342 g/mol. The second kappa shape index (κ2) is 11.4. The lowest BCUT2D eigenvalue weighted by atomic mass is 10.1. The van der Waals surface area contributed by atoms with E-state index < -0.39 is 0 Å². The fraction of sp³-hybridized carbons (Fsp3) is 0.588. The van der Waals surface area contributed by atoms with E-state index in [1.165, 1.54) is 0 Å². The van der Waals surface area contributed by atoms with Crippen LogP contribution in [0.1, 0.15) is 31.7 Å².